The van der Waals surface area contributed by atoms with Crippen molar-refractivity contribution in [2.75, 3.05) is 25.5 Å². The summed E-state index contributed by atoms with van der Waals surface area (Å²) >= 11 is 0. The molecule has 0 saturated heterocycles. The van der Waals surface area contributed by atoms with Crippen LogP contribution in [0.25, 0.3) is 6.08 Å². The van der Waals surface area contributed by atoms with Crippen molar-refractivity contribution >= 4 is 17.7 Å². The molecule has 0 aliphatic carbocycles. The van der Waals surface area contributed by atoms with E-state index in [0.29, 0.717) is 6.54 Å². The molecule has 1 aromatic rings. The highest BCUT2D eigenvalue weighted by Gasteiger charge is 1.98. The van der Waals surface area contributed by atoms with Crippen LogP contribution in [0.3, 0.4) is 0 Å². The first-order chi connectivity index (χ1) is 7.61. The van der Waals surface area contributed by atoms with Crippen LogP contribution in [0.15, 0.2) is 30.3 Å². The minimum atomic E-state index is -0.00875. The Hall–Kier alpha value is -1.77. The van der Waals surface area contributed by atoms with Gasteiger partial charge < -0.3 is 10.2 Å². The van der Waals surface area contributed by atoms with Crippen molar-refractivity contribution in [1.29, 1.82) is 0 Å². The summed E-state index contributed by atoms with van der Waals surface area (Å²) in [6.45, 7) is 2.08. The summed E-state index contributed by atoms with van der Waals surface area (Å²) in [5, 5.41) is 2.73. The summed E-state index contributed by atoms with van der Waals surface area (Å²) < 4.78 is 0. The number of benzene rings is 1. The zero-order valence-electron chi connectivity index (χ0n) is 10.0. The predicted molar refractivity (Wildman–Crippen MR) is 68.5 cm³/mol. The second kappa shape index (κ2) is 5.95. The van der Waals surface area contributed by atoms with Crippen LogP contribution in [0, 0.1) is 0 Å². The van der Waals surface area contributed by atoms with Crippen LogP contribution in [-0.4, -0.2) is 26.5 Å². The van der Waals surface area contributed by atoms with Crippen molar-refractivity contribution in [1.82, 2.24) is 5.32 Å². The highest BCUT2D eigenvalue weighted by Crippen LogP contribution is 2.18. The number of carbonyl (C=O) groups is 1. The van der Waals surface area contributed by atoms with Crippen molar-refractivity contribution in [3.8, 4) is 0 Å². The Morgan fingerprint density at radius 1 is 1.38 bits per heavy atom. The molecular weight excluding hydrogens is 200 g/mol. The lowest BCUT2D eigenvalue weighted by atomic mass is 10.1. The zero-order valence-corrected chi connectivity index (χ0v) is 10.0. The Balaban J connectivity index is 2.69. The summed E-state index contributed by atoms with van der Waals surface area (Å²) in [4.78, 5) is 12.7. The maximum Gasteiger partial charge on any atom is 0.217 e. The molecule has 0 bridgehead atoms. The van der Waals surface area contributed by atoms with Crippen LogP contribution in [0.2, 0.25) is 0 Å². The molecule has 0 aliphatic heterocycles. The average Bonchev–Trinajstić information content (AvgIpc) is 2.24. The molecule has 0 heterocycles. The Bertz CT molecular complexity index is 383. The molecule has 3 nitrogen and oxygen atoms in total. The van der Waals surface area contributed by atoms with E-state index in [2.05, 4.69) is 22.3 Å². The van der Waals surface area contributed by atoms with Gasteiger partial charge in [-0.1, -0.05) is 30.4 Å². The molecule has 86 valence electrons. The normalized spacial score (nSPS) is 10.4. The van der Waals surface area contributed by atoms with E-state index in [0.717, 1.165) is 5.56 Å². The third kappa shape index (κ3) is 3.77. The molecule has 0 spiro atoms. The Kier molecular flexibility index (Phi) is 4.58. The fourth-order valence-corrected chi connectivity index (χ4v) is 1.42. The highest BCUT2D eigenvalue weighted by molar-refractivity contribution is 5.73. The number of hydrogen-bond donors (Lipinski definition) is 1. The SMILES string of the molecule is CC(=O)NCC=Cc1ccccc1N(C)C. The van der Waals surface area contributed by atoms with Gasteiger partial charge in [0.25, 0.3) is 0 Å². The standard InChI is InChI=1S/C13H18N2O/c1-11(16)14-10-6-8-12-7-4-5-9-13(12)15(2)3/h4-9H,10H2,1-3H3,(H,14,16). The summed E-state index contributed by atoms with van der Waals surface area (Å²) in [6, 6.07) is 8.14. The number of amides is 1. The maximum atomic E-state index is 10.7. The fraction of sp³-hybridized carbons (Fsp3) is 0.308. The molecule has 1 amide bonds. The molecule has 16 heavy (non-hydrogen) atoms. The van der Waals surface area contributed by atoms with Gasteiger partial charge in [-0.15, -0.1) is 0 Å². The first kappa shape index (κ1) is 12.3. The number of hydrogen-bond acceptors (Lipinski definition) is 2. The maximum absolute atomic E-state index is 10.7. The van der Waals surface area contributed by atoms with Gasteiger partial charge in [-0.3, -0.25) is 4.79 Å². The highest BCUT2D eigenvalue weighted by atomic mass is 16.1. The van der Waals surface area contributed by atoms with Crippen molar-refractivity contribution in [3.63, 3.8) is 0 Å². The van der Waals surface area contributed by atoms with E-state index in [9.17, 15) is 4.79 Å². The van der Waals surface area contributed by atoms with Gasteiger partial charge in [0.15, 0.2) is 0 Å². The molecular formula is C13H18N2O. The third-order valence-corrected chi connectivity index (χ3v) is 2.18. The van der Waals surface area contributed by atoms with Crippen LogP contribution in [0.1, 0.15) is 12.5 Å². The lowest BCUT2D eigenvalue weighted by molar-refractivity contribution is -0.118. The van der Waals surface area contributed by atoms with E-state index in [1.54, 1.807) is 0 Å². The molecule has 0 radical (unpaired) electrons. The molecule has 1 N–H and O–H groups in total. The molecule has 0 fully saturated rings. The molecule has 0 unspecified atom stereocenters. The number of nitrogens with zero attached hydrogens (tertiary/aromatic N) is 1. The van der Waals surface area contributed by atoms with Crippen molar-refractivity contribution in [3.05, 3.63) is 35.9 Å². The van der Waals surface area contributed by atoms with Crippen LogP contribution in [0.5, 0.6) is 0 Å². The van der Waals surface area contributed by atoms with Gasteiger partial charge in [0.05, 0.1) is 0 Å². The number of anilines is 1. The molecule has 0 atom stereocenters. The lowest BCUT2D eigenvalue weighted by Crippen LogP contribution is -2.19. The first-order valence-electron chi connectivity index (χ1n) is 5.28. The third-order valence-electron chi connectivity index (χ3n) is 2.18. The van der Waals surface area contributed by atoms with Gasteiger partial charge in [0, 0.05) is 33.3 Å². The van der Waals surface area contributed by atoms with Crippen molar-refractivity contribution in [2.45, 2.75) is 6.92 Å². The van der Waals surface area contributed by atoms with E-state index >= 15 is 0 Å². The lowest BCUT2D eigenvalue weighted by Gasteiger charge is -2.15. The van der Waals surface area contributed by atoms with Gasteiger partial charge in [0.2, 0.25) is 5.91 Å². The Labute approximate surface area is 96.8 Å². The van der Waals surface area contributed by atoms with Gasteiger partial charge in [-0.05, 0) is 11.6 Å². The molecule has 0 saturated carbocycles. The van der Waals surface area contributed by atoms with Crippen LogP contribution >= 0.6 is 0 Å². The summed E-state index contributed by atoms with van der Waals surface area (Å²) in [6.07, 6.45) is 3.97. The molecule has 0 aliphatic rings. The minimum Gasteiger partial charge on any atom is -0.377 e. The average molecular weight is 218 g/mol. The fourth-order valence-electron chi connectivity index (χ4n) is 1.42. The number of para-hydroxylation sites is 1. The van der Waals surface area contributed by atoms with E-state index in [1.807, 2.05) is 38.4 Å². The second-order valence-electron chi connectivity index (χ2n) is 3.79. The molecule has 3 heteroatoms. The first-order valence-corrected chi connectivity index (χ1v) is 5.28. The van der Waals surface area contributed by atoms with Crippen molar-refractivity contribution < 1.29 is 4.79 Å². The molecule has 1 rings (SSSR count). The van der Waals surface area contributed by atoms with E-state index in [1.165, 1.54) is 12.6 Å². The van der Waals surface area contributed by atoms with Gasteiger partial charge in [-0.25, -0.2) is 0 Å². The van der Waals surface area contributed by atoms with E-state index in [4.69, 9.17) is 0 Å². The number of nitrogens with one attached hydrogen (secondary N) is 1. The van der Waals surface area contributed by atoms with Crippen LogP contribution in [0.4, 0.5) is 5.69 Å². The van der Waals surface area contributed by atoms with E-state index in [-0.39, 0.29) is 5.91 Å². The number of rotatable bonds is 4. The largest absolute Gasteiger partial charge is 0.377 e. The van der Waals surface area contributed by atoms with Crippen molar-refractivity contribution in [2.24, 2.45) is 0 Å². The smallest absolute Gasteiger partial charge is 0.217 e. The van der Waals surface area contributed by atoms with Crippen LogP contribution < -0.4 is 10.2 Å². The van der Waals surface area contributed by atoms with E-state index < -0.39 is 0 Å². The van der Waals surface area contributed by atoms with Crippen LogP contribution in [-0.2, 0) is 4.79 Å². The zero-order chi connectivity index (χ0) is 12.0. The quantitative estimate of drug-likeness (QED) is 0.837. The van der Waals surface area contributed by atoms with Gasteiger partial charge in [-0.2, -0.15) is 0 Å². The second-order valence-corrected chi connectivity index (χ2v) is 3.79. The number of carbonyl (C=O) groups excluding carboxylic acids is 1. The predicted octanol–water partition coefficient (Wildman–Crippen LogP) is 1.90. The van der Waals surface area contributed by atoms with Gasteiger partial charge >= 0.3 is 0 Å². The minimum absolute atomic E-state index is 0.00875. The summed E-state index contributed by atoms with van der Waals surface area (Å²) in [7, 11) is 4.03. The Morgan fingerprint density at radius 2 is 2.06 bits per heavy atom. The van der Waals surface area contributed by atoms with Gasteiger partial charge in [0.1, 0.15) is 0 Å². The molecule has 1 aromatic carbocycles. The monoisotopic (exact) mass is 218 g/mol. The summed E-state index contributed by atoms with van der Waals surface area (Å²) in [5.41, 5.74) is 2.32. The topological polar surface area (TPSA) is 32.3 Å². The Morgan fingerprint density at radius 3 is 2.69 bits per heavy atom. The molecule has 0 aromatic heterocycles. The summed E-state index contributed by atoms with van der Waals surface area (Å²) in [5.74, 6) is -0.00875.